The summed E-state index contributed by atoms with van der Waals surface area (Å²) >= 11 is 1.11. The summed E-state index contributed by atoms with van der Waals surface area (Å²) in [6.07, 6.45) is 0. The Labute approximate surface area is 73.7 Å². The molecule has 0 radical (unpaired) electrons. The first-order chi connectivity index (χ1) is 5.88. The van der Waals surface area contributed by atoms with Gasteiger partial charge in [0.1, 0.15) is 0 Å². The predicted octanol–water partition coefficient (Wildman–Crippen LogP) is -0.759. The van der Waals surface area contributed by atoms with Gasteiger partial charge in [0, 0.05) is 37.9 Å². The summed E-state index contributed by atoms with van der Waals surface area (Å²) < 4.78 is 6.59. The van der Waals surface area contributed by atoms with Crippen LogP contribution in [0.3, 0.4) is 0 Å². The lowest BCUT2D eigenvalue weighted by atomic mass is 10.4. The largest absolute Gasteiger partial charge is 0.349 e. The molecule has 6 heteroatoms. The van der Waals surface area contributed by atoms with Crippen LogP contribution in [-0.2, 0) is 0 Å². The van der Waals surface area contributed by atoms with Crippen LogP contribution < -0.4 is 15.8 Å². The standard InChI is InChI=1S/C6H10N4OS/c11-6-5(8-12-9-6)10-3-1-7-2-4-10/h7H,1-4H2,(H,9,11). The molecule has 1 aliphatic rings. The van der Waals surface area contributed by atoms with Gasteiger partial charge in [-0.2, -0.15) is 4.37 Å². The lowest BCUT2D eigenvalue weighted by Gasteiger charge is -2.26. The second-order valence-electron chi connectivity index (χ2n) is 2.67. The third-order valence-electron chi connectivity index (χ3n) is 1.89. The third kappa shape index (κ3) is 1.35. The van der Waals surface area contributed by atoms with Gasteiger partial charge in [-0.25, -0.2) is 0 Å². The maximum atomic E-state index is 11.1. The van der Waals surface area contributed by atoms with E-state index in [-0.39, 0.29) is 5.56 Å². The van der Waals surface area contributed by atoms with Crippen molar-refractivity contribution in [2.24, 2.45) is 0 Å². The highest BCUT2D eigenvalue weighted by atomic mass is 32.1. The molecule has 2 N–H and O–H groups in total. The molecule has 0 unspecified atom stereocenters. The number of rotatable bonds is 1. The van der Waals surface area contributed by atoms with Crippen molar-refractivity contribution in [2.75, 3.05) is 31.1 Å². The minimum atomic E-state index is -0.0677. The molecule has 1 aromatic rings. The maximum absolute atomic E-state index is 11.1. The minimum Gasteiger partial charge on any atom is -0.349 e. The van der Waals surface area contributed by atoms with Crippen molar-refractivity contribution < 1.29 is 0 Å². The Balaban J connectivity index is 2.18. The Kier molecular flexibility index (Phi) is 2.09. The van der Waals surface area contributed by atoms with E-state index in [4.69, 9.17) is 0 Å². The number of hydrogen-bond acceptors (Lipinski definition) is 5. The van der Waals surface area contributed by atoms with Crippen molar-refractivity contribution in [1.29, 1.82) is 0 Å². The average molecular weight is 186 g/mol. The summed E-state index contributed by atoms with van der Waals surface area (Å²) in [6, 6.07) is 0. The molecule has 5 nitrogen and oxygen atoms in total. The predicted molar refractivity (Wildman–Crippen MR) is 47.8 cm³/mol. The van der Waals surface area contributed by atoms with E-state index in [0.717, 1.165) is 37.9 Å². The molecule has 0 amide bonds. The topological polar surface area (TPSA) is 61.0 Å². The lowest BCUT2D eigenvalue weighted by molar-refractivity contribution is 0.585. The molecule has 2 rings (SSSR count). The molecular weight excluding hydrogens is 176 g/mol. The van der Waals surface area contributed by atoms with Gasteiger partial charge in [0.2, 0.25) is 5.82 Å². The molecule has 1 saturated heterocycles. The Hall–Kier alpha value is -0.880. The van der Waals surface area contributed by atoms with Crippen LogP contribution in [0.5, 0.6) is 0 Å². The Bertz CT molecular complexity index is 300. The lowest BCUT2D eigenvalue weighted by Crippen LogP contribution is -2.45. The number of nitrogens with zero attached hydrogens (tertiary/aromatic N) is 2. The SMILES string of the molecule is O=c1[nH]snc1N1CCNCC1. The van der Waals surface area contributed by atoms with Gasteiger partial charge in [0.15, 0.2) is 0 Å². The van der Waals surface area contributed by atoms with Gasteiger partial charge in [0.05, 0.1) is 0 Å². The molecule has 0 atom stereocenters. The van der Waals surface area contributed by atoms with Crippen molar-refractivity contribution in [2.45, 2.75) is 0 Å². The van der Waals surface area contributed by atoms with E-state index in [9.17, 15) is 4.79 Å². The minimum absolute atomic E-state index is 0.0677. The van der Waals surface area contributed by atoms with Gasteiger partial charge in [0.25, 0.3) is 0 Å². The molecule has 2 heterocycles. The quantitative estimate of drug-likeness (QED) is 0.605. The number of hydrogen-bond donors (Lipinski definition) is 2. The number of piperazine rings is 1. The highest BCUT2D eigenvalue weighted by Crippen LogP contribution is 2.04. The molecule has 1 aromatic heterocycles. The van der Waals surface area contributed by atoms with Crippen LogP contribution in [0.4, 0.5) is 5.82 Å². The number of anilines is 1. The van der Waals surface area contributed by atoms with E-state index < -0.39 is 0 Å². The Morgan fingerprint density at radius 1 is 1.42 bits per heavy atom. The normalized spacial score (nSPS) is 18.2. The van der Waals surface area contributed by atoms with Gasteiger partial charge in [-0.15, -0.1) is 0 Å². The van der Waals surface area contributed by atoms with Crippen LogP contribution >= 0.6 is 11.7 Å². The third-order valence-corrected chi connectivity index (χ3v) is 2.43. The average Bonchev–Trinajstić information content (AvgIpc) is 2.53. The Morgan fingerprint density at radius 3 is 2.75 bits per heavy atom. The summed E-state index contributed by atoms with van der Waals surface area (Å²) in [5.41, 5.74) is -0.0677. The number of H-pyrrole nitrogens is 1. The van der Waals surface area contributed by atoms with Gasteiger partial charge in [-0.3, -0.25) is 9.17 Å². The second-order valence-corrected chi connectivity index (χ2v) is 3.24. The van der Waals surface area contributed by atoms with Gasteiger partial charge in [-0.05, 0) is 0 Å². The van der Waals surface area contributed by atoms with Crippen molar-refractivity contribution in [3.8, 4) is 0 Å². The smallest absolute Gasteiger partial charge is 0.302 e. The fourth-order valence-electron chi connectivity index (χ4n) is 1.27. The number of aromatic amines is 1. The van der Waals surface area contributed by atoms with Crippen LogP contribution in [-0.4, -0.2) is 34.9 Å². The fraction of sp³-hybridized carbons (Fsp3) is 0.667. The van der Waals surface area contributed by atoms with Crippen LogP contribution in [0.25, 0.3) is 0 Å². The molecule has 0 aromatic carbocycles. The van der Waals surface area contributed by atoms with E-state index in [1.807, 2.05) is 4.90 Å². The first kappa shape index (κ1) is 7.75. The Morgan fingerprint density at radius 2 is 2.17 bits per heavy atom. The van der Waals surface area contributed by atoms with E-state index in [1.165, 1.54) is 0 Å². The van der Waals surface area contributed by atoms with Gasteiger partial charge >= 0.3 is 5.56 Å². The summed E-state index contributed by atoms with van der Waals surface area (Å²) in [6.45, 7) is 3.59. The zero-order valence-electron chi connectivity index (χ0n) is 6.54. The number of aromatic nitrogens is 2. The van der Waals surface area contributed by atoms with Crippen LogP contribution in [0, 0.1) is 0 Å². The van der Waals surface area contributed by atoms with Crippen LogP contribution in [0.15, 0.2) is 4.79 Å². The molecule has 1 fully saturated rings. The molecule has 0 bridgehead atoms. The molecule has 12 heavy (non-hydrogen) atoms. The zero-order valence-corrected chi connectivity index (χ0v) is 7.36. The molecule has 66 valence electrons. The van der Waals surface area contributed by atoms with Crippen molar-refractivity contribution >= 4 is 17.5 Å². The fourth-order valence-corrected chi connectivity index (χ4v) is 1.78. The van der Waals surface area contributed by atoms with Crippen LogP contribution in [0.1, 0.15) is 0 Å². The summed E-state index contributed by atoms with van der Waals surface area (Å²) in [5.74, 6) is 0.571. The van der Waals surface area contributed by atoms with Crippen molar-refractivity contribution in [1.82, 2.24) is 14.1 Å². The highest BCUT2D eigenvalue weighted by Gasteiger charge is 2.15. The second kappa shape index (κ2) is 3.24. The maximum Gasteiger partial charge on any atom is 0.302 e. The van der Waals surface area contributed by atoms with Crippen molar-refractivity contribution in [3.05, 3.63) is 10.4 Å². The highest BCUT2D eigenvalue weighted by molar-refractivity contribution is 6.99. The first-order valence-electron chi connectivity index (χ1n) is 3.88. The monoisotopic (exact) mass is 186 g/mol. The van der Waals surface area contributed by atoms with Gasteiger partial charge < -0.3 is 10.2 Å². The summed E-state index contributed by atoms with van der Waals surface area (Å²) in [7, 11) is 0. The molecule has 0 aliphatic carbocycles. The van der Waals surface area contributed by atoms with Crippen molar-refractivity contribution in [3.63, 3.8) is 0 Å². The van der Waals surface area contributed by atoms with Crippen LogP contribution in [0.2, 0.25) is 0 Å². The number of nitrogens with one attached hydrogen (secondary N) is 2. The molecule has 0 saturated carbocycles. The van der Waals surface area contributed by atoms with E-state index in [0.29, 0.717) is 5.82 Å². The zero-order chi connectivity index (χ0) is 8.39. The summed E-state index contributed by atoms with van der Waals surface area (Å²) in [4.78, 5) is 13.2. The van der Waals surface area contributed by atoms with E-state index >= 15 is 0 Å². The summed E-state index contributed by atoms with van der Waals surface area (Å²) in [5, 5.41) is 3.22. The molecule has 1 aliphatic heterocycles. The van der Waals surface area contributed by atoms with E-state index in [1.54, 1.807) is 0 Å². The van der Waals surface area contributed by atoms with Gasteiger partial charge in [-0.1, -0.05) is 0 Å². The molecular formula is C6H10N4OS. The first-order valence-corrected chi connectivity index (χ1v) is 4.65. The van der Waals surface area contributed by atoms with E-state index in [2.05, 4.69) is 14.1 Å². The molecule has 0 spiro atoms.